The van der Waals surface area contributed by atoms with Crippen molar-refractivity contribution in [3.63, 3.8) is 0 Å². The third-order valence-electron chi connectivity index (χ3n) is 16.9. The maximum absolute atomic E-state index is 2.93. The minimum Gasteiger partial charge on any atom is -0.0689 e. The summed E-state index contributed by atoms with van der Waals surface area (Å²) in [4.78, 5) is 0. The van der Waals surface area contributed by atoms with E-state index in [2.05, 4.69) is 53.9 Å². The zero-order valence-corrected chi connectivity index (χ0v) is 32.5. The minimum atomic E-state index is -1.30. The molecule has 0 bridgehead atoms. The lowest BCUT2D eigenvalue weighted by Gasteiger charge is -2.50. The molecule has 2 heteroatoms. The highest BCUT2D eigenvalue weighted by atomic mass is 28.3. The van der Waals surface area contributed by atoms with Gasteiger partial charge in [-0.25, -0.2) is 0 Å². The number of fused-ring (bicyclic) bond motifs is 2. The second kappa shape index (κ2) is 13.5. The van der Waals surface area contributed by atoms with E-state index in [0.717, 1.165) is 81.3 Å². The third kappa shape index (κ3) is 6.24. The van der Waals surface area contributed by atoms with Crippen LogP contribution >= 0.6 is 0 Å². The van der Waals surface area contributed by atoms with Gasteiger partial charge in [0.15, 0.2) is 0 Å². The van der Waals surface area contributed by atoms with Gasteiger partial charge in [0.2, 0.25) is 0 Å². The first-order valence-corrected chi connectivity index (χ1v) is 26.9. The van der Waals surface area contributed by atoms with Gasteiger partial charge in [0.1, 0.15) is 0 Å². The van der Waals surface area contributed by atoms with E-state index in [0.29, 0.717) is 0 Å². The molecule has 0 heterocycles. The zero-order chi connectivity index (χ0) is 30.5. The largest absolute Gasteiger partial charge is 0.0689 e. The molecule has 0 aliphatic heterocycles. The molecule has 13 atom stereocenters. The van der Waals surface area contributed by atoms with E-state index in [1.54, 1.807) is 96.3 Å². The summed E-state index contributed by atoms with van der Waals surface area (Å²) >= 11 is 0. The average molecular weight is 625 g/mol. The summed E-state index contributed by atoms with van der Waals surface area (Å²) in [6.07, 6.45) is 30.0. The van der Waals surface area contributed by atoms with Gasteiger partial charge < -0.3 is 0 Å². The summed E-state index contributed by atoms with van der Waals surface area (Å²) in [6.45, 7) is 21.8. The molecule has 0 aromatic carbocycles. The quantitative estimate of drug-likeness (QED) is 0.212. The third-order valence-corrected chi connectivity index (χ3v) is 27.4. The first kappa shape index (κ1) is 33.3. The fourth-order valence-corrected chi connectivity index (χ4v) is 25.4. The van der Waals surface area contributed by atoms with Crippen molar-refractivity contribution in [2.75, 3.05) is 0 Å². The Morgan fingerprint density at radius 1 is 0.512 bits per heavy atom. The van der Waals surface area contributed by atoms with Crippen LogP contribution in [0.5, 0.6) is 0 Å². The molecule has 13 unspecified atom stereocenters. The number of hydrogen-bond donors (Lipinski definition) is 0. The normalized spacial score (nSPS) is 45.6. The van der Waals surface area contributed by atoms with Crippen molar-refractivity contribution in [3.8, 4) is 0 Å². The Kier molecular flexibility index (Phi) is 10.5. The van der Waals surface area contributed by atoms with Crippen molar-refractivity contribution >= 4 is 16.1 Å². The van der Waals surface area contributed by atoms with Gasteiger partial charge in [-0.3, -0.25) is 0 Å². The van der Waals surface area contributed by atoms with E-state index in [-0.39, 0.29) is 0 Å². The predicted molar refractivity (Wildman–Crippen MR) is 195 cm³/mol. The van der Waals surface area contributed by atoms with Crippen LogP contribution in [-0.4, -0.2) is 16.1 Å². The van der Waals surface area contributed by atoms with E-state index < -0.39 is 16.1 Å². The molecule has 0 nitrogen and oxygen atoms in total. The van der Waals surface area contributed by atoms with Crippen LogP contribution in [0.3, 0.4) is 0 Å². The molecule has 6 aliphatic carbocycles. The lowest BCUT2D eigenvalue weighted by molar-refractivity contribution is 0.0428. The van der Waals surface area contributed by atoms with Gasteiger partial charge in [0, 0.05) is 0 Å². The Bertz CT molecular complexity index is 905. The van der Waals surface area contributed by atoms with Crippen LogP contribution in [0.25, 0.3) is 0 Å². The smallest absolute Gasteiger partial charge is 0.0541 e. The Balaban J connectivity index is 1.19. The molecule has 0 amide bonds. The highest BCUT2D eigenvalue weighted by molar-refractivity contribution is 6.80. The van der Waals surface area contributed by atoms with Crippen LogP contribution in [0, 0.1) is 59.2 Å². The van der Waals surface area contributed by atoms with Crippen LogP contribution in [-0.2, 0) is 0 Å². The highest BCUT2D eigenvalue weighted by Crippen LogP contribution is 2.67. The Morgan fingerprint density at radius 3 is 1.60 bits per heavy atom. The molecule has 0 radical (unpaired) electrons. The summed E-state index contributed by atoms with van der Waals surface area (Å²) in [5, 5.41) is 0. The molecular weight excluding hydrogens is 549 g/mol. The van der Waals surface area contributed by atoms with E-state index in [9.17, 15) is 0 Å². The molecule has 0 aromatic heterocycles. The summed E-state index contributed by atoms with van der Waals surface area (Å²) < 4.78 is 0. The van der Waals surface area contributed by atoms with Crippen molar-refractivity contribution in [2.24, 2.45) is 59.2 Å². The zero-order valence-electron chi connectivity index (χ0n) is 30.5. The summed E-state index contributed by atoms with van der Waals surface area (Å²) in [6, 6.07) is 0. The summed E-state index contributed by atoms with van der Waals surface area (Å²) in [5.41, 5.74) is 4.57. The van der Waals surface area contributed by atoms with Crippen LogP contribution in [0.15, 0.2) is 0 Å². The van der Waals surface area contributed by atoms with Crippen LogP contribution in [0.1, 0.15) is 150 Å². The van der Waals surface area contributed by atoms with Gasteiger partial charge in [-0.2, -0.15) is 0 Å². The molecule has 6 fully saturated rings. The molecular formula is C41H76Si2. The number of hydrogen-bond acceptors (Lipinski definition) is 0. The molecule has 6 saturated carbocycles. The summed E-state index contributed by atoms with van der Waals surface area (Å²) in [7, 11) is -2.51. The molecule has 0 aromatic rings. The maximum atomic E-state index is 2.93. The van der Waals surface area contributed by atoms with Crippen LogP contribution in [0.4, 0.5) is 0 Å². The molecule has 248 valence electrons. The fourth-order valence-electron chi connectivity index (χ4n) is 15.0. The maximum Gasteiger partial charge on any atom is 0.0541 e. The topological polar surface area (TPSA) is 0 Å². The standard InChI is InChI=1S/C41H76Si2/c1-9-13-29-19-21-31(25-29)42(5,6)40-24-23-35-33(15-11-17-36(35)40)34-16-12-18-37-39(34)27-38(28(3)4)41(37)43(7,8)32-22-20-30(26-32)14-10-2/h28-41H,9-27H2,1-8H3. The SMILES string of the molecule is CCCC1CCC([Si](C)(C)C2CCC3C(C4CCCC5C4CC(C(C)C)C5[Si](C)(C)C4CCC(CCC)C4)CCCC32)C1. The molecule has 0 N–H and O–H groups in total. The van der Waals surface area contributed by atoms with E-state index >= 15 is 0 Å². The van der Waals surface area contributed by atoms with E-state index in [1.807, 2.05) is 0 Å². The second-order valence-corrected chi connectivity index (χ2v) is 30.0. The van der Waals surface area contributed by atoms with E-state index in [4.69, 9.17) is 0 Å². The van der Waals surface area contributed by atoms with Crippen molar-refractivity contribution in [1.29, 1.82) is 0 Å². The monoisotopic (exact) mass is 625 g/mol. The summed E-state index contributed by atoms with van der Waals surface area (Å²) in [5.74, 6) is 10.8. The van der Waals surface area contributed by atoms with Crippen LogP contribution in [0.2, 0.25) is 48.4 Å². The lowest BCUT2D eigenvalue weighted by atomic mass is 9.60. The second-order valence-electron chi connectivity index (χ2n) is 19.7. The van der Waals surface area contributed by atoms with Crippen LogP contribution < -0.4 is 0 Å². The van der Waals surface area contributed by atoms with E-state index in [1.165, 1.54) is 25.7 Å². The van der Waals surface area contributed by atoms with Crippen molar-refractivity contribution < 1.29 is 0 Å². The Morgan fingerprint density at radius 2 is 1.02 bits per heavy atom. The molecule has 6 aliphatic rings. The lowest BCUT2D eigenvalue weighted by Crippen LogP contribution is -2.45. The molecule has 0 spiro atoms. The number of rotatable bonds is 10. The predicted octanol–water partition coefficient (Wildman–Crippen LogP) is 13.6. The molecule has 43 heavy (non-hydrogen) atoms. The highest BCUT2D eigenvalue weighted by Gasteiger charge is 2.59. The van der Waals surface area contributed by atoms with Crippen molar-refractivity contribution in [3.05, 3.63) is 0 Å². The Labute approximate surface area is 272 Å². The first-order valence-electron chi connectivity index (χ1n) is 20.6. The van der Waals surface area contributed by atoms with Gasteiger partial charge >= 0.3 is 0 Å². The average Bonchev–Trinajstić information content (AvgIpc) is 3.78. The fraction of sp³-hybridized carbons (Fsp3) is 1.00. The van der Waals surface area contributed by atoms with Gasteiger partial charge in [0.25, 0.3) is 0 Å². The van der Waals surface area contributed by atoms with Gasteiger partial charge in [-0.05, 0) is 120 Å². The van der Waals surface area contributed by atoms with Gasteiger partial charge in [-0.1, -0.05) is 137 Å². The Hall–Kier alpha value is 0.434. The van der Waals surface area contributed by atoms with Crippen molar-refractivity contribution in [1.82, 2.24) is 0 Å². The first-order chi connectivity index (χ1) is 20.6. The minimum absolute atomic E-state index is 0.903. The van der Waals surface area contributed by atoms with Gasteiger partial charge in [-0.15, -0.1) is 0 Å². The van der Waals surface area contributed by atoms with Gasteiger partial charge in [0.05, 0.1) is 16.1 Å². The van der Waals surface area contributed by atoms with Crippen molar-refractivity contribution in [2.45, 2.75) is 198 Å². The molecule has 6 rings (SSSR count). The molecule has 0 saturated heterocycles.